The minimum absolute atomic E-state index is 0. The summed E-state index contributed by atoms with van der Waals surface area (Å²) in [5, 5.41) is 8.26. The molecular weight excluding hydrogens is 371 g/mol. The Kier molecular flexibility index (Phi) is 7.50. The molecular formula is C19H26Cl2N4O. The van der Waals surface area contributed by atoms with Crippen LogP contribution in [0, 0.1) is 12.8 Å². The van der Waals surface area contributed by atoms with Crippen molar-refractivity contribution < 1.29 is 4.79 Å². The molecule has 3 rings (SSSR count). The van der Waals surface area contributed by atoms with Crippen LogP contribution in [0.3, 0.4) is 0 Å². The lowest BCUT2D eigenvalue weighted by Gasteiger charge is -2.32. The zero-order valence-corrected chi connectivity index (χ0v) is 16.8. The normalized spacial score (nSPS) is 15.0. The average Bonchev–Trinajstić information content (AvgIpc) is 3.01. The van der Waals surface area contributed by atoms with E-state index >= 15 is 0 Å². The van der Waals surface area contributed by atoms with Gasteiger partial charge in [-0.1, -0.05) is 17.7 Å². The Hall–Kier alpha value is -1.56. The predicted octanol–water partition coefficient (Wildman–Crippen LogP) is 3.72. The van der Waals surface area contributed by atoms with Gasteiger partial charge in [0.05, 0.1) is 23.1 Å². The van der Waals surface area contributed by atoms with E-state index in [1.807, 2.05) is 43.1 Å². The van der Waals surface area contributed by atoms with Crippen molar-refractivity contribution in [2.24, 2.45) is 5.92 Å². The molecule has 2 aromatic rings. The second-order valence-electron chi connectivity index (χ2n) is 6.66. The average molecular weight is 397 g/mol. The fourth-order valence-corrected chi connectivity index (χ4v) is 3.62. The molecule has 1 amide bonds. The van der Waals surface area contributed by atoms with E-state index in [0.29, 0.717) is 16.5 Å². The van der Waals surface area contributed by atoms with Crippen molar-refractivity contribution in [3.8, 4) is 5.69 Å². The Labute approximate surface area is 166 Å². The van der Waals surface area contributed by atoms with E-state index in [1.54, 1.807) is 10.9 Å². The number of hydrogen-bond donors (Lipinski definition) is 1. The second-order valence-corrected chi connectivity index (χ2v) is 7.10. The van der Waals surface area contributed by atoms with Crippen molar-refractivity contribution >= 4 is 29.9 Å². The van der Waals surface area contributed by atoms with Crippen LogP contribution in [-0.2, 0) is 0 Å². The Balaban J connectivity index is 0.00000243. The molecule has 0 unspecified atom stereocenters. The molecule has 1 saturated heterocycles. The van der Waals surface area contributed by atoms with E-state index < -0.39 is 0 Å². The zero-order chi connectivity index (χ0) is 17.8. The largest absolute Gasteiger partial charge is 0.339 e. The molecule has 26 heavy (non-hydrogen) atoms. The predicted molar refractivity (Wildman–Crippen MR) is 108 cm³/mol. The number of rotatable bonds is 5. The molecule has 0 aliphatic carbocycles. The Morgan fingerprint density at radius 2 is 2.08 bits per heavy atom. The van der Waals surface area contributed by atoms with E-state index in [1.165, 1.54) is 6.42 Å². The molecule has 0 saturated carbocycles. The van der Waals surface area contributed by atoms with Gasteiger partial charge in [-0.05, 0) is 63.9 Å². The number of piperidine rings is 1. The third-order valence-corrected chi connectivity index (χ3v) is 5.23. The van der Waals surface area contributed by atoms with Crippen LogP contribution in [0.4, 0.5) is 0 Å². The first kappa shape index (κ1) is 20.7. The summed E-state index contributed by atoms with van der Waals surface area (Å²) in [5.41, 5.74) is 2.40. The number of carbonyl (C=O) groups is 1. The molecule has 5 nitrogen and oxygen atoms in total. The Morgan fingerprint density at radius 1 is 1.35 bits per heavy atom. The molecule has 7 heteroatoms. The van der Waals surface area contributed by atoms with E-state index in [0.717, 1.165) is 43.9 Å². The number of benzene rings is 1. The Morgan fingerprint density at radius 3 is 2.73 bits per heavy atom. The van der Waals surface area contributed by atoms with Crippen molar-refractivity contribution in [3.63, 3.8) is 0 Å². The van der Waals surface area contributed by atoms with Crippen LogP contribution in [-0.4, -0.2) is 47.3 Å². The number of nitrogens with zero attached hydrogens (tertiary/aromatic N) is 3. The second kappa shape index (κ2) is 9.40. The number of hydrogen-bond acceptors (Lipinski definition) is 3. The molecule has 0 bridgehead atoms. The van der Waals surface area contributed by atoms with Gasteiger partial charge in [-0.25, -0.2) is 4.68 Å². The molecule has 1 aromatic heterocycles. The summed E-state index contributed by atoms with van der Waals surface area (Å²) in [6.07, 6.45) is 5.01. The van der Waals surface area contributed by atoms with Gasteiger partial charge < -0.3 is 10.2 Å². The molecule has 2 heterocycles. The summed E-state index contributed by atoms with van der Waals surface area (Å²) < 4.78 is 1.78. The highest BCUT2D eigenvalue weighted by atomic mass is 35.5. The molecule has 1 aromatic carbocycles. The van der Waals surface area contributed by atoms with Crippen LogP contribution in [0.2, 0.25) is 5.02 Å². The fourth-order valence-electron chi connectivity index (χ4n) is 3.43. The summed E-state index contributed by atoms with van der Waals surface area (Å²) >= 11 is 6.07. The van der Waals surface area contributed by atoms with E-state index in [2.05, 4.69) is 10.4 Å². The third kappa shape index (κ3) is 4.58. The quantitative estimate of drug-likeness (QED) is 0.837. The fraction of sp³-hybridized carbons (Fsp3) is 0.474. The minimum Gasteiger partial charge on any atom is -0.339 e. The van der Waals surface area contributed by atoms with Gasteiger partial charge in [0, 0.05) is 18.1 Å². The molecule has 1 fully saturated rings. The molecule has 0 spiro atoms. The van der Waals surface area contributed by atoms with Crippen LogP contribution in [0.5, 0.6) is 0 Å². The third-order valence-electron chi connectivity index (χ3n) is 5.00. The summed E-state index contributed by atoms with van der Waals surface area (Å²) in [4.78, 5) is 14.8. The van der Waals surface area contributed by atoms with Crippen molar-refractivity contribution in [1.29, 1.82) is 0 Å². The number of halogens is 2. The highest BCUT2D eigenvalue weighted by Crippen LogP contribution is 2.23. The van der Waals surface area contributed by atoms with Crippen LogP contribution >= 0.6 is 24.0 Å². The van der Waals surface area contributed by atoms with Gasteiger partial charge in [-0.2, -0.15) is 5.10 Å². The van der Waals surface area contributed by atoms with Crippen molar-refractivity contribution in [2.45, 2.75) is 26.2 Å². The van der Waals surface area contributed by atoms with Crippen LogP contribution in [0.1, 0.15) is 35.3 Å². The van der Waals surface area contributed by atoms with Gasteiger partial charge in [0.2, 0.25) is 0 Å². The lowest BCUT2D eigenvalue weighted by molar-refractivity contribution is 0.0686. The van der Waals surface area contributed by atoms with Gasteiger partial charge >= 0.3 is 0 Å². The SMILES string of the molecule is CNCCC1CCN(C(=O)c2cnn(-c3cccc(Cl)c3)c2C)CC1.Cl. The van der Waals surface area contributed by atoms with E-state index in [4.69, 9.17) is 11.6 Å². The topological polar surface area (TPSA) is 50.2 Å². The maximum Gasteiger partial charge on any atom is 0.257 e. The molecule has 142 valence electrons. The number of likely N-dealkylation sites (tertiary alicyclic amines) is 1. The van der Waals surface area contributed by atoms with Crippen LogP contribution in [0.15, 0.2) is 30.5 Å². The van der Waals surface area contributed by atoms with E-state index in [9.17, 15) is 4.79 Å². The smallest absolute Gasteiger partial charge is 0.257 e. The van der Waals surface area contributed by atoms with Gasteiger partial charge in [-0.3, -0.25) is 4.79 Å². The summed E-state index contributed by atoms with van der Waals surface area (Å²) in [6.45, 7) is 4.63. The zero-order valence-electron chi connectivity index (χ0n) is 15.2. The van der Waals surface area contributed by atoms with Crippen LogP contribution < -0.4 is 5.32 Å². The Bertz CT molecular complexity index is 739. The van der Waals surface area contributed by atoms with Gasteiger partial charge in [0.15, 0.2) is 0 Å². The number of amides is 1. The molecule has 1 aliphatic rings. The maximum absolute atomic E-state index is 12.9. The first-order valence-corrected chi connectivity index (χ1v) is 9.22. The minimum atomic E-state index is 0. The summed E-state index contributed by atoms with van der Waals surface area (Å²) in [6, 6.07) is 7.50. The molecule has 1 aliphatic heterocycles. The molecule has 0 atom stereocenters. The summed E-state index contributed by atoms with van der Waals surface area (Å²) in [5.74, 6) is 0.796. The molecule has 0 radical (unpaired) electrons. The van der Waals surface area contributed by atoms with Gasteiger partial charge in [-0.15, -0.1) is 12.4 Å². The van der Waals surface area contributed by atoms with Crippen LogP contribution in [0.25, 0.3) is 5.69 Å². The first-order valence-electron chi connectivity index (χ1n) is 8.84. The van der Waals surface area contributed by atoms with Gasteiger partial charge in [0.25, 0.3) is 5.91 Å². The van der Waals surface area contributed by atoms with Gasteiger partial charge in [0.1, 0.15) is 0 Å². The van der Waals surface area contributed by atoms with E-state index in [-0.39, 0.29) is 18.3 Å². The number of aromatic nitrogens is 2. The lowest BCUT2D eigenvalue weighted by Crippen LogP contribution is -2.39. The standard InChI is InChI=1S/C19H25ClN4O.ClH/c1-14-18(13-22-24(14)17-5-3-4-16(20)12-17)19(25)23-10-7-15(8-11-23)6-9-21-2;/h3-5,12-13,15,21H,6-11H2,1-2H3;1H. The monoisotopic (exact) mass is 396 g/mol. The highest BCUT2D eigenvalue weighted by molar-refractivity contribution is 6.30. The highest BCUT2D eigenvalue weighted by Gasteiger charge is 2.25. The molecule has 1 N–H and O–H groups in total. The van der Waals surface area contributed by atoms with Crippen molar-refractivity contribution in [1.82, 2.24) is 20.0 Å². The number of nitrogens with one attached hydrogen (secondary N) is 1. The van der Waals surface area contributed by atoms with Crippen molar-refractivity contribution in [3.05, 3.63) is 46.7 Å². The summed E-state index contributed by atoms with van der Waals surface area (Å²) in [7, 11) is 1.99. The lowest BCUT2D eigenvalue weighted by atomic mass is 9.93. The number of carbonyl (C=O) groups excluding carboxylic acids is 1. The van der Waals surface area contributed by atoms with Crippen molar-refractivity contribution in [2.75, 3.05) is 26.7 Å². The first-order chi connectivity index (χ1) is 12.1. The maximum atomic E-state index is 12.9.